The fourth-order valence-electron chi connectivity index (χ4n) is 0.780. The van der Waals surface area contributed by atoms with Crippen LogP contribution in [0.5, 0.6) is 0 Å². The van der Waals surface area contributed by atoms with E-state index in [2.05, 4.69) is 52.1 Å². The predicted molar refractivity (Wildman–Crippen MR) is 68.2 cm³/mol. The average molecular weight is 300 g/mol. The molecule has 0 N–H and O–H groups in total. The molecule has 0 atom stereocenters. The average Bonchev–Trinajstić information content (AvgIpc) is 2.27. The highest BCUT2D eigenvalue weighted by Gasteiger charge is 2.37. The van der Waals surface area contributed by atoms with Crippen LogP contribution in [0, 0.1) is 0 Å². The van der Waals surface area contributed by atoms with E-state index in [4.69, 9.17) is 0 Å². The van der Waals surface area contributed by atoms with Gasteiger partial charge >= 0.3 is 23.9 Å². The Morgan fingerprint density at radius 1 is 0.824 bits per heavy atom. The maximum Gasteiger partial charge on any atom is 0.420 e. The molecule has 0 saturated carbocycles. The van der Waals surface area contributed by atoms with Crippen molar-refractivity contribution in [2.45, 2.75) is 12.9 Å². The number of carbonyl (C=O) groups is 3. The fourth-order valence-corrected chi connectivity index (χ4v) is 0.973. The molecule has 98 valence electrons. The number of thiol groups is 3. The molecule has 9 heteroatoms. The van der Waals surface area contributed by atoms with Gasteiger partial charge in [-0.2, -0.15) is 37.9 Å². The molecular weight excluding hydrogens is 288 g/mol. The highest BCUT2D eigenvalue weighted by atomic mass is 32.1. The van der Waals surface area contributed by atoms with Gasteiger partial charge in [-0.1, -0.05) is 0 Å². The molecule has 0 aliphatic rings. The van der Waals surface area contributed by atoms with Gasteiger partial charge in [-0.15, -0.1) is 0 Å². The maximum atomic E-state index is 11.0. The fraction of sp³-hybridized carbons (Fsp3) is 0.625. The molecule has 0 aliphatic heterocycles. The molecule has 0 fully saturated rings. The Bertz CT molecular complexity index is 260. The molecule has 0 radical (unpaired) electrons. The third kappa shape index (κ3) is 6.69. The van der Waals surface area contributed by atoms with Crippen molar-refractivity contribution in [1.82, 2.24) is 0 Å². The zero-order valence-corrected chi connectivity index (χ0v) is 11.6. The van der Waals surface area contributed by atoms with Crippen LogP contribution in [0.25, 0.3) is 0 Å². The Balaban J connectivity index is 4.72. The van der Waals surface area contributed by atoms with Crippen LogP contribution < -0.4 is 0 Å². The standard InChI is InChI=1S/C8H12O6S3/c1-8(12-5(9)2-15,13-6(10)3-16)14-7(11)4-17/h15-17H,2-4H2,1H3. The van der Waals surface area contributed by atoms with E-state index in [0.717, 1.165) is 6.92 Å². The lowest BCUT2D eigenvalue weighted by Crippen LogP contribution is -2.42. The second-order valence-electron chi connectivity index (χ2n) is 2.76. The highest BCUT2D eigenvalue weighted by Crippen LogP contribution is 2.16. The molecule has 0 rings (SSSR count). The number of esters is 3. The molecule has 17 heavy (non-hydrogen) atoms. The van der Waals surface area contributed by atoms with Gasteiger partial charge in [0.15, 0.2) is 0 Å². The van der Waals surface area contributed by atoms with E-state index >= 15 is 0 Å². The molecule has 6 nitrogen and oxygen atoms in total. The maximum absolute atomic E-state index is 11.0. The van der Waals surface area contributed by atoms with Gasteiger partial charge in [0.05, 0.1) is 24.2 Å². The van der Waals surface area contributed by atoms with Gasteiger partial charge in [-0.05, 0) is 0 Å². The Labute approximate surface area is 115 Å². The Hall–Kier alpha value is -0.540. The zero-order chi connectivity index (χ0) is 13.5. The minimum Gasteiger partial charge on any atom is -0.388 e. The Morgan fingerprint density at radius 3 is 1.24 bits per heavy atom. The molecule has 0 aromatic carbocycles. The minimum absolute atomic E-state index is 0.257. The van der Waals surface area contributed by atoms with Crippen molar-refractivity contribution in [3.63, 3.8) is 0 Å². The molecule has 0 spiro atoms. The number of ether oxygens (including phenoxy) is 3. The summed E-state index contributed by atoms with van der Waals surface area (Å²) in [7, 11) is 0. The lowest BCUT2D eigenvalue weighted by molar-refractivity contribution is -0.317. The number of hydrogen-bond acceptors (Lipinski definition) is 9. The van der Waals surface area contributed by atoms with Crippen LogP contribution in [-0.4, -0.2) is 41.1 Å². The lowest BCUT2D eigenvalue weighted by Gasteiger charge is -2.27. The highest BCUT2D eigenvalue weighted by molar-refractivity contribution is 7.81. The Kier molecular flexibility index (Phi) is 7.48. The summed E-state index contributed by atoms with van der Waals surface area (Å²) in [6, 6.07) is 0. The second-order valence-corrected chi connectivity index (χ2v) is 3.71. The largest absolute Gasteiger partial charge is 0.420 e. The van der Waals surface area contributed by atoms with Crippen LogP contribution in [0.1, 0.15) is 6.92 Å². The molecule has 0 saturated heterocycles. The van der Waals surface area contributed by atoms with Crippen molar-refractivity contribution < 1.29 is 28.6 Å². The Morgan fingerprint density at radius 2 is 1.06 bits per heavy atom. The summed E-state index contributed by atoms with van der Waals surface area (Å²) in [6.45, 7) is 1.11. The van der Waals surface area contributed by atoms with Gasteiger partial charge in [0.1, 0.15) is 0 Å². The molecule has 0 bridgehead atoms. The molecule has 0 heterocycles. The van der Waals surface area contributed by atoms with Crippen molar-refractivity contribution in [3.05, 3.63) is 0 Å². The molecule has 0 amide bonds. The van der Waals surface area contributed by atoms with E-state index in [1.54, 1.807) is 0 Å². The first-order valence-electron chi connectivity index (χ1n) is 4.35. The summed E-state index contributed by atoms with van der Waals surface area (Å²) < 4.78 is 14.0. The number of carbonyl (C=O) groups excluding carboxylic acids is 3. The third-order valence-corrected chi connectivity index (χ3v) is 2.06. The summed E-state index contributed by atoms with van der Waals surface area (Å²) in [5.74, 6) is -5.33. The van der Waals surface area contributed by atoms with Gasteiger partial charge in [0, 0.05) is 0 Å². The zero-order valence-electron chi connectivity index (χ0n) is 8.91. The first-order chi connectivity index (χ1) is 7.86. The van der Waals surface area contributed by atoms with Gasteiger partial charge in [-0.3, -0.25) is 14.4 Å². The third-order valence-electron chi connectivity index (χ3n) is 1.28. The van der Waals surface area contributed by atoms with Gasteiger partial charge in [0.25, 0.3) is 0 Å². The van der Waals surface area contributed by atoms with Crippen LogP contribution >= 0.6 is 37.9 Å². The van der Waals surface area contributed by atoms with Crippen LogP contribution in [-0.2, 0) is 28.6 Å². The monoisotopic (exact) mass is 300 g/mol. The molecule has 0 unspecified atom stereocenters. The summed E-state index contributed by atoms with van der Waals surface area (Å²) in [4.78, 5) is 33.1. The van der Waals surface area contributed by atoms with Crippen molar-refractivity contribution in [3.8, 4) is 0 Å². The summed E-state index contributed by atoms with van der Waals surface area (Å²) in [5, 5.41) is 0. The smallest absolute Gasteiger partial charge is 0.388 e. The van der Waals surface area contributed by atoms with E-state index in [1.165, 1.54) is 0 Å². The normalized spacial score (nSPS) is 10.6. The van der Waals surface area contributed by atoms with Crippen molar-refractivity contribution in [2.75, 3.05) is 17.3 Å². The minimum atomic E-state index is -2.13. The van der Waals surface area contributed by atoms with Crippen molar-refractivity contribution >= 4 is 55.8 Å². The summed E-state index contributed by atoms with van der Waals surface area (Å²) in [6.07, 6.45) is 0. The topological polar surface area (TPSA) is 78.9 Å². The molecule has 0 aromatic heterocycles. The summed E-state index contributed by atoms with van der Waals surface area (Å²) in [5.41, 5.74) is 0. The van der Waals surface area contributed by atoms with E-state index in [1.807, 2.05) is 0 Å². The number of rotatable bonds is 6. The van der Waals surface area contributed by atoms with E-state index in [0.29, 0.717) is 0 Å². The molecule has 0 aliphatic carbocycles. The van der Waals surface area contributed by atoms with E-state index in [-0.39, 0.29) is 17.3 Å². The lowest BCUT2D eigenvalue weighted by atomic mass is 10.6. The first kappa shape index (κ1) is 16.5. The van der Waals surface area contributed by atoms with Crippen molar-refractivity contribution in [1.29, 1.82) is 0 Å². The predicted octanol–water partition coefficient (Wildman–Crippen LogP) is 0.0791. The molecule has 0 aromatic rings. The number of hydrogen-bond donors (Lipinski definition) is 3. The van der Waals surface area contributed by atoms with Gasteiger partial charge in [0.2, 0.25) is 0 Å². The summed E-state index contributed by atoms with van der Waals surface area (Å²) >= 11 is 11.0. The van der Waals surface area contributed by atoms with Gasteiger partial charge < -0.3 is 14.2 Å². The van der Waals surface area contributed by atoms with Crippen LogP contribution in [0.3, 0.4) is 0 Å². The van der Waals surface area contributed by atoms with Crippen LogP contribution in [0.15, 0.2) is 0 Å². The van der Waals surface area contributed by atoms with Crippen LogP contribution in [0.2, 0.25) is 0 Å². The van der Waals surface area contributed by atoms with E-state index < -0.39 is 23.9 Å². The SMILES string of the molecule is CC(OC(=O)CS)(OC(=O)CS)OC(=O)CS. The van der Waals surface area contributed by atoms with Crippen molar-refractivity contribution in [2.24, 2.45) is 0 Å². The van der Waals surface area contributed by atoms with Crippen LogP contribution in [0.4, 0.5) is 0 Å². The second kappa shape index (κ2) is 7.72. The first-order valence-corrected chi connectivity index (χ1v) is 6.24. The quantitative estimate of drug-likeness (QED) is 0.366. The van der Waals surface area contributed by atoms with Gasteiger partial charge in [-0.25, -0.2) is 0 Å². The van der Waals surface area contributed by atoms with E-state index in [9.17, 15) is 14.4 Å². The molecular formula is C8H12O6S3.